The molecule has 0 aliphatic heterocycles. The number of hydrogen-bond acceptors (Lipinski definition) is 7. The van der Waals surface area contributed by atoms with Gasteiger partial charge in [-0.3, -0.25) is 0 Å². The SMILES string of the molecule is CCOC(=O)c1ccc(CSc2nnc(Nc3cccc(C)c3)[nH]2)o1. The van der Waals surface area contributed by atoms with Crippen LogP contribution in [0.1, 0.15) is 28.8 Å². The molecule has 0 saturated carbocycles. The number of furan rings is 1. The number of carbonyl (C=O) groups is 1. The van der Waals surface area contributed by atoms with Gasteiger partial charge in [0.2, 0.25) is 11.7 Å². The smallest absolute Gasteiger partial charge is 0.374 e. The van der Waals surface area contributed by atoms with E-state index in [1.807, 2.05) is 31.2 Å². The Hall–Kier alpha value is -2.74. The molecule has 3 rings (SSSR count). The van der Waals surface area contributed by atoms with Crippen molar-refractivity contribution in [3.8, 4) is 0 Å². The number of aromatic amines is 1. The Kier molecular flexibility index (Phi) is 5.39. The molecule has 0 aliphatic carbocycles. The minimum atomic E-state index is -0.456. The van der Waals surface area contributed by atoms with Gasteiger partial charge in [0, 0.05) is 5.69 Å². The Morgan fingerprint density at radius 3 is 3.00 bits per heavy atom. The fourth-order valence-corrected chi connectivity index (χ4v) is 2.84. The van der Waals surface area contributed by atoms with Crippen LogP contribution in [-0.4, -0.2) is 27.8 Å². The number of ether oxygens (including phenoxy) is 1. The summed E-state index contributed by atoms with van der Waals surface area (Å²) in [6, 6.07) is 11.3. The van der Waals surface area contributed by atoms with Crippen molar-refractivity contribution < 1.29 is 13.9 Å². The maximum absolute atomic E-state index is 11.6. The third kappa shape index (κ3) is 4.63. The number of aromatic nitrogens is 3. The van der Waals surface area contributed by atoms with E-state index in [0.717, 1.165) is 11.3 Å². The topological polar surface area (TPSA) is 93.0 Å². The Morgan fingerprint density at radius 1 is 1.32 bits per heavy atom. The maximum Gasteiger partial charge on any atom is 0.374 e. The summed E-state index contributed by atoms with van der Waals surface area (Å²) in [6.07, 6.45) is 0. The number of thioether (sulfide) groups is 1. The third-order valence-corrected chi connectivity index (χ3v) is 4.12. The quantitative estimate of drug-likeness (QED) is 0.488. The molecule has 2 aromatic heterocycles. The van der Waals surface area contributed by atoms with Gasteiger partial charge in [-0.25, -0.2) is 4.79 Å². The molecule has 2 heterocycles. The van der Waals surface area contributed by atoms with Gasteiger partial charge < -0.3 is 19.5 Å². The first-order valence-corrected chi connectivity index (χ1v) is 8.77. The summed E-state index contributed by atoms with van der Waals surface area (Å²) in [5.74, 6) is 1.51. The maximum atomic E-state index is 11.6. The van der Waals surface area contributed by atoms with Crippen LogP contribution in [0.2, 0.25) is 0 Å². The monoisotopic (exact) mass is 358 g/mol. The molecule has 3 aromatic rings. The molecule has 2 N–H and O–H groups in total. The van der Waals surface area contributed by atoms with Crippen LogP contribution in [0, 0.1) is 6.92 Å². The van der Waals surface area contributed by atoms with Crippen LogP contribution in [0.15, 0.2) is 46.0 Å². The Labute approximate surface area is 149 Å². The summed E-state index contributed by atoms with van der Waals surface area (Å²) in [5.41, 5.74) is 2.10. The fourth-order valence-electron chi connectivity index (χ4n) is 2.13. The molecule has 0 radical (unpaired) electrons. The van der Waals surface area contributed by atoms with Crippen molar-refractivity contribution in [2.24, 2.45) is 0 Å². The van der Waals surface area contributed by atoms with Crippen molar-refractivity contribution >= 4 is 29.4 Å². The highest BCUT2D eigenvalue weighted by Crippen LogP contribution is 2.23. The number of rotatable bonds is 7. The largest absolute Gasteiger partial charge is 0.460 e. The van der Waals surface area contributed by atoms with Gasteiger partial charge in [0.1, 0.15) is 5.76 Å². The molecule has 25 heavy (non-hydrogen) atoms. The fraction of sp³-hybridized carbons (Fsp3) is 0.235. The summed E-state index contributed by atoms with van der Waals surface area (Å²) in [5, 5.41) is 12.0. The molecule has 0 aliphatic rings. The van der Waals surface area contributed by atoms with Crippen LogP contribution in [0.5, 0.6) is 0 Å². The van der Waals surface area contributed by atoms with E-state index in [1.54, 1.807) is 19.1 Å². The molecule has 7 nitrogen and oxygen atoms in total. The molecule has 8 heteroatoms. The standard InChI is InChI=1S/C17H18N4O3S/c1-3-23-15(22)14-8-7-13(24-14)10-25-17-19-16(20-21-17)18-12-6-4-5-11(2)9-12/h4-9H,3,10H2,1-2H3,(H2,18,19,20,21). The number of aryl methyl sites for hydroxylation is 1. The van der Waals surface area contributed by atoms with E-state index in [2.05, 4.69) is 20.5 Å². The lowest BCUT2D eigenvalue weighted by Gasteiger charge is -2.02. The summed E-state index contributed by atoms with van der Waals surface area (Å²) >= 11 is 1.43. The van der Waals surface area contributed by atoms with E-state index < -0.39 is 5.97 Å². The zero-order valence-electron chi connectivity index (χ0n) is 13.9. The minimum absolute atomic E-state index is 0.205. The van der Waals surface area contributed by atoms with E-state index >= 15 is 0 Å². The average molecular weight is 358 g/mol. The lowest BCUT2D eigenvalue weighted by atomic mass is 10.2. The highest BCUT2D eigenvalue weighted by molar-refractivity contribution is 7.98. The highest BCUT2D eigenvalue weighted by Gasteiger charge is 2.13. The second kappa shape index (κ2) is 7.89. The third-order valence-electron chi connectivity index (χ3n) is 3.24. The first-order valence-electron chi connectivity index (χ1n) is 7.79. The molecule has 0 saturated heterocycles. The van der Waals surface area contributed by atoms with Crippen molar-refractivity contribution in [1.82, 2.24) is 15.2 Å². The highest BCUT2D eigenvalue weighted by atomic mass is 32.2. The second-order valence-electron chi connectivity index (χ2n) is 5.25. The van der Waals surface area contributed by atoms with Gasteiger partial charge >= 0.3 is 5.97 Å². The number of esters is 1. The van der Waals surface area contributed by atoms with E-state index in [9.17, 15) is 4.79 Å². The number of hydrogen-bond donors (Lipinski definition) is 2. The van der Waals surface area contributed by atoms with Crippen LogP contribution in [-0.2, 0) is 10.5 Å². The number of nitrogens with one attached hydrogen (secondary N) is 2. The Morgan fingerprint density at radius 2 is 2.20 bits per heavy atom. The first kappa shape index (κ1) is 17.1. The molecule has 1 aromatic carbocycles. The molecule has 0 fully saturated rings. The van der Waals surface area contributed by atoms with Gasteiger partial charge in [0.25, 0.3) is 0 Å². The second-order valence-corrected chi connectivity index (χ2v) is 6.21. The van der Waals surface area contributed by atoms with Gasteiger partial charge in [0.05, 0.1) is 12.4 Å². The summed E-state index contributed by atoms with van der Waals surface area (Å²) < 4.78 is 10.4. The van der Waals surface area contributed by atoms with Gasteiger partial charge in [-0.1, -0.05) is 23.9 Å². The number of anilines is 2. The van der Waals surface area contributed by atoms with E-state index in [1.165, 1.54) is 11.8 Å². The summed E-state index contributed by atoms with van der Waals surface area (Å²) in [6.45, 7) is 4.10. The predicted octanol–water partition coefficient (Wildman–Crippen LogP) is 3.92. The predicted molar refractivity (Wildman–Crippen MR) is 95.1 cm³/mol. The van der Waals surface area contributed by atoms with Crippen molar-refractivity contribution in [2.75, 3.05) is 11.9 Å². The van der Waals surface area contributed by atoms with Crippen molar-refractivity contribution in [3.05, 3.63) is 53.5 Å². The Balaban J connectivity index is 1.56. The average Bonchev–Trinajstić information content (AvgIpc) is 3.22. The van der Waals surface area contributed by atoms with Crippen LogP contribution in [0.25, 0.3) is 0 Å². The zero-order valence-corrected chi connectivity index (χ0v) is 14.7. The van der Waals surface area contributed by atoms with Crippen LogP contribution in [0.3, 0.4) is 0 Å². The van der Waals surface area contributed by atoms with Crippen molar-refractivity contribution in [3.63, 3.8) is 0 Å². The molecular weight excluding hydrogens is 340 g/mol. The van der Waals surface area contributed by atoms with E-state index in [-0.39, 0.29) is 5.76 Å². The van der Waals surface area contributed by atoms with Gasteiger partial charge in [-0.2, -0.15) is 0 Å². The van der Waals surface area contributed by atoms with Gasteiger partial charge in [-0.15, -0.1) is 10.2 Å². The van der Waals surface area contributed by atoms with E-state index in [0.29, 0.717) is 29.2 Å². The minimum Gasteiger partial charge on any atom is -0.460 e. The van der Waals surface area contributed by atoms with Crippen molar-refractivity contribution in [2.45, 2.75) is 24.8 Å². The van der Waals surface area contributed by atoms with Gasteiger partial charge in [-0.05, 0) is 43.7 Å². The molecule has 0 spiro atoms. The zero-order chi connectivity index (χ0) is 17.6. The lowest BCUT2D eigenvalue weighted by molar-refractivity contribution is 0.0488. The molecule has 0 bridgehead atoms. The number of benzene rings is 1. The normalized spacial score (nSPS) is 10.6. The molecule has 130 valence electrons. The van der Waals surface area contributed by atoms with Crippen molar-refractivity contribution in [1.29, 1.82) is 0 Å². The van der Waals surface area contributed by atoms with Crippen LogP contribution < -0.4 is 5.32 Å². The lowest BCUT2D eigenvalue weighted by Crippen LogP contribution is -2.02. The Bertz CT molecular complexity index is 859. The van der Waals surface area contributed by atoms with Crippen LogP contribution >= 0.6 is 11.8 Å². The number of H-pyrrole nitrogens is 1. The number of carbonyl (C=O) groups excluding carboxylic acids is 1. The molecular formula is C17H18N4O3S. The van der Waals surface area contributed by atoms with Crippen LogP contribution in [0.4, 0.5) is 11.6 Å². The summed E-state index contributed by atoms with van der Waals surface area (Å²) in [7, 11) is 0. The molecule has 0 unspecified atom stereocenters. The van der Waals surface area contributed by atoms with Gasteiger partial charge in [0.15, 0.2) is 5.16 Å². The first-order chi connectivity index (χ1) is 12.1. The molecule has 0 atom stereocenters. The summed E-state index contributed by atoms with van der Waals surface area (Å²) in [4.78, 5) is 14.7. The van der Waals surface area contributed by atoms with E-state index in [4.69, 9.17) is 9.15 Å². The number of nitrogens with zero attached hydrogens (tertiary/aromatic N) is 2. The molecule has 0 amide bonds.